The first-order chi connectivity index (χ1) is 10.2. The second-order valence-electron chi connectivity index (χ2n) is 4.10. The second kappa shape index (κ2) is 6.52. The van der Waals surface area contributed by atoms with Crippen molar-refractivity contribution in [3.63, 3.8) is 0 Å². The van der Waals surface area contributed by atoms with Crippen LogP contribution in [0.2, 0.25) is 0 Å². The van der Waals surface area contributed by atoms with Gasteiger partial charge in [0.05, 0.1) is 26.2 Å². The first-order valence-electron chi connectivity index (χ1n) is 6.33. The fraction of sp³-hybridized carbons (Fsp3) is 0.286. The summed E-state index contributed by atoms with van der Waals surface area (Å²) >= 11 is 0. The normalized spacial score (nSPS) is 9.95. The maximum atomic E-state index is 11.8. The SMILES string of the molecule is CCOC(=O)c1n[nH]nc1-c1ccc(OC)c(CC#N)c1. The van der Waals surface area contributed by atoms with E-state index >= 15 is 0 Å². The van der Waals surface area contributed by atoms with Crippen LogP contribution >= 0.6 is 0 Å². The van der Waals surface area contributed by atoms with Crippen molar-refractivity contribution >= 4 is 5.97 Å². The molecule has 0 saturated carbocycles. The number of hydrogen-bond donors (Lipinski definition) is 1. The highest BCUT2D eigenvalue weighted by molar-refractivity contribution is 5.94. The molecule has 0 amide bonds. The van der Waals surface area contributed by atoms with Gasteiger partial charge in [-0.05, 0) is 25.1 Å². The molecule has 1 aromatic heterocycles. The Morgan fingerprint density at radius 3 is 2.90 bits per heavy atom. The zero-order chi connectivity index (χ0) is 15.2. The van der Waals surface area contributed by atoms with E-state index in [1.54, 1.807) is 25.1 Å². The zero-order valence-corrected chi connectivity index (χ0v) is 11.7. The van der Waals surface area contributed by atoms with Crippen molar-refractivity contribution in [3.05, 3.63) is 29.5 Å². The summed E-state index contributed by atoms with van der Waals surface area (Å²) in [6, 6.07) is 7.30. The van der Waals surface area contributed by atoms with Gasteiger partial charge in [-0.15, -0.1) is 5.10 Å². The Morgan fingerprint density at radius 2 is 2.24 bits per heavy atom. The molecule has 0 aliphatic rings. The van der Waals surface area contributed by atoms with Crippen molar-refractivity contribution in [2.75, 3.05) is 13.7 Å². The van der Waals surface area contributed by atoms with Gasteiger partial charge in [0.1, 0.15) is 11.4 Å². The van der Waals surface area contributed by atoms with Gasteiger partial charge in [0.25, 0.3) is 0 Å². The van der Waals surface area contributed by atoms with Gasteiger partial charge in [-0.2, -0.15) is 15.6 Å². The Bertz CT molecular complexity index is 688. The van der Waals surface area contributed by atoms with Gasteiger partial charge in [0, 0.05) is 11.1 Å². The smallest absolute Gasteiger partial charge is 0.361 e. The number of nitrogens with zero attached hydrogens (tertiary/aromatic N) is 3. The highest BCUT2D eigenvalue weighted by Gasteiger charge is 2.19. The molecule has 0 unspecified atom stereocenters. The Hall–Kier alpha value is -2.88. The predicted octanol–water partition coefficient (Wildman–Crippen LogP) is 1.72. The van der Waals surface area contributed by atoms with E-state index in [1.807, 2.05) is 0 Å². The molecule has 0 spiro atoms. The summed E-state index contributed by atoms with van der Waals surface area (Å²) in [5.74, 6) is 0.0698. The molecular weight excluding hydrogens is 272 g/mol. The fourth-order valence-electron chi connectivity index (χ4n) is 1.92. The minimum Gasteiger partial charge on any atom is -0.496 e. The molecular formula is C14H14N4O3. The number of hydrogen-bond acceptors (Lipinski definition) is 6. The van der Waals surface area contributed by atoms with Gasteiger partial charge >= 0.3 is 5.97 Å². The number of carbonyl (C=O) groups is 1. The zero-order valence-electron chi connectivity index (χ0n) is 11.7. The Labute approximate surface area is 121 Å². The highest BCUT2D eigenvalue weighted by Crippen LogP contribution is 2.27. The number of methoxy groups -OCH3 is 1. The third kappa shape index (κ3) is 3.00. The van der Waals surface area contributed by atoms with Crippen molar-refractivity contribution in [1.82, 2.24) is 15.4 Å². The Morgan fingerprint density at radius 1 is 1.43 bits per heavy atom. The van der Waals surface area contributed by atoms with Gasteiger partial charge < -0.3 is 9.47 Å². The molecule has 0 fully saturated rings. The van der Waals surface area contributed by atoms with Crippen LogP contribution < -0.4 is 4.74 Å². The highest BCUT2D eigenvalue weighted by atomic mass is 16.5. The number of rotatable bonds is 5. The molecule has 0 aliphatic carbocycles. The third-order valence-corrected chi connectivity index (χ3v) is 2.84. The van der Waals surface area contributed by atoms with Crippen molar-refractivity contribution < 1.29 is 14.3 Å². The number of benzene rings is 1. The average Bonchev–Trinajstić information content (AvgIpc) is 2.97. The van der Waals surface area contributed by atoms with Crippen LogP contribution in [-0.4, -0.2) is 35.1 Å². The van der Waals surface area contributed by atoms with E-state index in [2.05, 4.69) is 21.5 Å². The van der Waals surface area contributed by atoms with E-state index in [0.717, 1.165) is 5.56 Å². The first-order valence-corrected chi connectivity index (χ1v) is 6.33. The maximum absolute atomic E-state index is 11.8. The number of aromatic nitrogens is 3. The van der Waals surface area contributed by atoms with E-state index in [1.165, 1.54) is 7.11 Å². The van der Waals surface area contributed by atoms with Crippen molar-refractivity contribution in [1.29, 1.82) is 5.26 Å². The molecule has 1 aromatic carbocycles. The van der Waals surface area contributed by atoms with E-state index in [4.69, 9.17) is 14.7 Å². The van der Waals surface area contributed by atoms with E-state index in [9.17, 15) is 4.79 Å². The summed E-state index contributed by atoms with van der Waals surface area (Å²) in [6.45, 7) is 1.98. The van der Waals surface area contributed by atoms with Crippen LogP contribution in [0.3, 0.4) is 0 Å². The lowest BCUT2D eigenvalue weighted by atomic mass is 10.0. The maximum Gasteiger partial charge on any atom is 0.361 e. The number of aromatic amines is 1. The van der Waals surface area contributed by atoms with Crippen molar-refractivity contribution in [3.8, 4) is 23.1 Å². The molecule has 2 aromatic rings. The summed E-state index contributed by atoms with van der Waals surface area (Å²) in [6.07, 6.45) is 0.198. The largest absolute Gasteiger partial charge is 0.496 e. The molecule has 1 heterocycles. The lowest BCUT2D eigenvalue weighted by molar-refractivity contribution is 0.0520. The van der Waals surface area contributed by atoms with Crippen LogP contribution in [-0.2, 0) is 11.2 Å². The Balaban J connectivity index is 2.44. The monoisotopic (exact) mass is 286 g/mol. The standard InChI is InChI=1S/C14H14N4O3/c1-3-21-14(19)13-12(16-18-17-13)10-4-5-11(20-2)9(8-10)6-7-15/h4-5,8H,3,6H2,1-2H3,(H,16,17,18). The molecule has 108 valence electrons. The van der Waals surface area contributed by atoms with Crippen molar-refractivity contribution in [2.45, 2.75) is 13.3 Å². The van der Waals surface area contributed by atoms with Crippen LogP contribution in [0.5, 0.6) is 5.75 Å². The van der Waals surface area contributed by atoms with Gasteiger partial charge in [-0.25, -0.2) is 4.79 Å². The molecule has 7 heteroatoms. The van der Waals surface area contributed by atoms with Gasteiger partial charge in [-0.1, -0.05) is 0 Å². The molecule has 1 N–H and O–H groups in total. The molecule has 21 heavy (non-hydrogen) atoms. The lowest BCUT2D eigenvalue weighted by Crippen LogP contribution is -2.07. The minimum absolute atomic E-state index is 0.116. The predicted molar refractivity (Wildman–Crippen MR) is 73.6 cm³/mol. The molecule has 2 rings (SSSR count). The number of carbonyl (C=O) groups excluding carboxylic acids is 1. The van der Waals surface area contributed by atoms with Crippen LogP contribution in [0.1, 0.15) is 23.0 Å². The summed E-state index contributed by atoms with van der Waals surface area (Å²) < 4.78 is 10.1. The average molecular weight is 286 g/mol. The molecule has 7 nitrogen and oxygen atoms in total. The Kier molecular flexibility index (Phi) is 4.51. The summed E-state index contributed by atoms with van der Waals surface area (Å²) in [7, 11) is 1.54. The molecule has 0 atom stereocenters. The second-order valence-corrected chi connectivity index (χ2v) is 4.10. The molecule has 0 aliphatic heterocycles. The van der Waals surface area contributed by atoms with Crippen LogP contribution in [0.4, 0.5) is 0 Å². The van der Waals surface area contributed by atoms with Crippen LogP contribution in [0, 0.1) is 11.3 Å². The number of H-pyrrole nitrogens is 1. The fourth-order valence-corrected chi connectivity index (χ4v) is 1.92. The van der Waals surface area contributed by atoms with E-state index in [0.29, 0.717) is 17.0 Å². The van der Waals surface area contributed by atoms with Gasteiger partial charge in [-0.3, -0.25) is 0 Å². The lowest BCUT2D eigenvalue weighted by Gasteiger charge is -2.07. The minimum atomic E-state index is -0.543. The quantitative estimate of drug-likeness (QED) is 0.840. The van der Waals surface area contributed by atoms with Crippen molar-refractivity contribution in [2.24, 2.45) is 0 Å². The summed E-state index contributed by atoms with van der Waals surface area (Å²) in [5, 5.41) is 19.1. The molecule has 0 saturated heterocycles. The molecule has 0 radical (unpaired) electrons. The van der Waals surface area contributed by atoms with Gasteiger partial charge in [0.2, 0.25) is 0 Å². The van der Waals surface area contributed by atoms with E-state index < -0.39 is 5.97 Å². The van der Waals surface area contributed by atoms with Crippen LogP contribution in [0.15, 0.2) is 18.2 Å². The number of nitrogens with one attached hydrogen (secondary N) is 1. The number of esters is 1. The van der Waals surface area contributed by atoms with Crippen LogP contribution in [0.25, 0.3) is 11.3 Å². The summed E-state index contributed by atoms with van der Waals surface area (Å²) in [4.78, 5) is 11.8. The molecule has 0 bridgehead atoms. The first kappa shape index (κ1) is 14.5. The number of ether oxygens (including phenoxy) is 2. The van der Waals surface area contributed by atoms with E-state index in [-0.39, 0.29) is 18.7 Å². The summed E-state index contributed by atoms with van der Waals surface area (Å²) in [5.41, 5.74) is 1.88. The van der Waals surface area contributed by atoms with Gasteiger partial charge in [0.15, 0.2) is 5.69 Å². The number of nitriles is 1. The third-order valence-electron chi connectivity index (χ3n) is 2.84. The topological polar surface area (TPSA) is 101 Å².